The number of fused-ring (bicyclic) bond motifs is 3. The molecule has 5 aliphatic rings. The zero-order valence-electron chi connectivity index (χ0n) is 24.3. The summed E-state index contributed by atoms with van der Waals surface area (Å²) in [5.41, 5.74) is 7.16. The van der Waals surface area contributed by atoms with Gasteiger partial charge in [-0.3, -0.25) is 14.8 Å². The van der Waals surface area contributed by atoms with E-state index in [1.54, 1.807) is 0 Å². The molecule has 0 bridgehead atoms. The number of aromatic amines is 1. The lowest BCUT2D eigenvalue weighted by atomic mass is 9.79. The largest absolute Gasteiger partial charge is 0.461 e. The zero-order chi connectivity index (χ0) is 27.8. The maximum absolute atomic E-state index is 11.9. The molecular formula is C31H40N8O2. The van der Waals surface area contributed by atoms with Crippen molar-refractivity contribution in [2.45, 2.75) is 82.8 Å². The molecule has 4 fully saturated rings. The van der Waals surface area contributed by atoms with Gasteiger partial charge in [0, 0.05) is 30.6 Å². The summed E-state index contributed by atoms with van der Waals surface area (Å²) >= 11 is 0. The Hall–Kier alpha value is -3.40. The summed E-state index contributed by atoms with van der Waals surface area (Å²) in [6.07, 6.45) is 10.4. The van der Waals surface area contributed by atoms with Gasteiger partial charge in [-0.2, -0.15) is 15.1 Å². The number of H-pyrrole nitrogens is 1. The summed E-state index contributed by atoms with van der Waals surface area (Å²) in [5, 5.41) is 11.9. The van der Waals surface area contributed by atoms with Gasteiger partial charge in [0.1, 0.15) is 12.4 Å². The number of carbonyl (C=O) groups excluding carboxylic acids is 1. The second-order valence-corrected chi connectivity index (χ2v) is 13.2. The molecule has 1 atom stereocenters. The third-order valence-corrected chi connectivity index (χ3v) is 10.6. The van der Waals surface area contributed by atoms with Gasteiger partial charge in [-0.1, -0.05) is 0 Å². The highest BCUT2D eigenvalue weighted by molar-refractivity contribution is 5.94. The quantitative estimate of drug-likeness (QED) is 0.461. The number of nitrogens with one attached hydrogen (secondary N) is 2. The number of piperidine rings is 1. The average molecular weight is 557 g/mol. The van der Waals surface area contributed by atoms with Crippen LogP contribution in [0.2, 0.25) is 0 Å². The molecule has 2 aromatic heterocycles. The maximum Gasteiger partial charge on any atom is 0.318 e. The van der Waals surface area contributed by atoms with Crippen LogP contribution >= 0.6 is 0 Å². The number of anilines is 2. The molecule has 41 heavy (non-hydrogen) atoms. The first-order valence-corrected chi connectivity index (χ1v) is 15.4. The molecule has 10 nitrogen and oxygen atoms in total. The number of ether oxygens (including phenoxy) is 1. The molecule has 216 valence electrons. The van der Waals surface area contributed by atoms with Crippen molar-refractivity contribution in [2.24, 2.45) is 0 Å². The number of aromatic nitrogens is 4. The van der Waals surface area contributed by atoms with Crippen LogP contribution in [0.3, 0.4) is 0 Å². The van der Waals surface area contributed by atoms with Gasteiger partial charge in [0.25, 0.3) is 0 Å². The highest BCUT2D eigenvalue weighted by Gasteiger charge is 2.47. The third-order valence-electron chi connectivity index (χ3n) is 10.6. The maximum atomic E-state index is 11.9. The highest BCUT2D eigenvalue weighted by atomic mass is 16.5. The van der Waals surface area contributed by atoms with E-state index in [1.165, 1.54) is 61.2 Å². The number of rotatable bonds is 5. The Morgan fingerprint density at radius 3 is 2.63 bits per heavy atom. The van der Waals surface area contributed by atoms with Gasteiger partial charge in [0.15, 0.2) is 0 Å². The van der Waals surface area contributed by atoms with Crippen LogP contribution in [0.1, 0.15) is 67.3 Å². The van der Waals surface area contributed by atoms with Crippen LogP contribution in [0.4, 0.5) is 11.5 Å². The number of β-lactam (4-membered cyclic amide) rings is 1. The fraction of sp³-hybridized carbons (Fsp3) is 0.613. The molecule has 2 N–H and O–H groups in total. The highest BCUT2D eigenvalue weighted by Crippen LogP contribution is 2.41. The fourth-order valence-corrected chi connectivity index (χ4v) is 8.42. The van der Waals surface area contributed by atoms with E-state index in [4.69, 9.17) is 14.7 Å². The van der Waals surface area contributed by atoms with Crippen molar-refractivity contribution in [2.75, 3.05) is 49.1 Å². The molecule has 1 spiro atoms. The first-order chi connectivity index (χ1) is 19.9. The van der Waals surface area contributed by atoms with Gasteiger partial charge >= 0.3 is 6.01 Å². The van der Waals surface area contributed by atoms with E-state index in [1.807, 2.05) is 6.20 Å². The Kier molecular flexibility index (Phi) is 5.75. The van der Waals surface area contributed by atoms with Gasteiger partial charge < -0.3 is 19.9 Å². The summed E-state index contributed by atoms with van der Waals surface area (Å²) in [6, 6.07) is 2.69. The van der Waals surface area contributed by atoms with Crippen molar-refractivity contribution in [3.05, 3.63) is 34.6 Å². The van der Waals surface area contributed by atoms with Crippen LogP contribution in [-0.2, 0) is 17.8 Å². The summed E-state index contributed by atoms with van der Waals surface area (Å²) in [4.78, 5) is 29.6. The Bertz CT molecular complexity index is 1510. The number of carbonyl (C=O) groups is 1. The summed E-state index contributed by atoms with van der Waals surface area (Å²) in [7, 11) is 0. The predicted octanol–water partition coefficient (Wildman–Crippen LogP) is 3.40. The van der Waals surface area contributed by atoms with Crippen molar-refractivity contribution >= 4 is 28.3 Å². The van der Waals surface area contributed by atoms with E-state index in [0.717, 1.165) is 61.3 Å². The van der Waals surface area contributed by atoms with E-state index >= 15 is 0 Å². The Balaban J connectivity index is 1.15. The lowest BCUT2D eigenvalue weighted by molar-refractivity contribution is -0.133. The minimum absolute atomic E-state index is 0.117. The van der Waals surface area contributed by atoms with Gasteiger partial charge in [0.2, 0.25) is 5.91 Å². The molecule has 3 aromatic rings. The molecular weight excluding hydrogens is 516 g/mol. The van der Waals surface area contributed by atoms with E-state index in [9.17, 15) is 4.79 Å². The molecule has 7 heterocycles. The lowest BCUT2D eigenvalue weighted by Crippen LogP contribution is -2.68. The standard InChI is InChI=1S/C31H40N8O2/c1-20-14-24-23(16-32-36-24)27(21(20)2)37-13-6-22-25(17-37)33-29(41-19-31-8-4-11-39(31)12-5-9-31)34-28(22)38-10-3-7-30(18-38)15-26(40)35-30/h14,16H,3-13,15,17-19H2,1-2H3,(H,32,36)(H,35,40). The SMILES string of the molecule is Cc1cc2[nH]ncc2c(N2CCc3c(nc(OCC45CCCN4CCC5)nc3N3CCCC4(CC(=O)N4)C3)C2)c1C. The molecule has 1 aromatic carbocycles. The molecule has 0 saturated carbocycles. The van der Waals surface area contributed by atoms with Crippen LogP contribution < -0.4 is 19.9 Å². The molecule has 0 radical (unpaired) electrons. The molecule has 1 unspecified atom stereocenters. The number of hydrogen-bond donors (Lipinski definition) is 2. The van der Waals surface area contributed by atoms with Crippen LogP contribution in [0.5, 0.6) is 6.01 Å². The van der Waals surface area contributed by atoms with Crippen molar-refractivity contribution in [3.8, 4) is 6.01 Å². The van der Waals surface area contributed by atoms with Crippen LogP contribution in [-0.4, -0.2) is 81.4 Å². The minimum atomic E-state index is -0.117. The van der Waals surface area contributed by atoms with Crippen LogP contribution in [0.25, 0.3) is 10.9 Å². The normalized spacial score (nSPS) is 25.4. The van der Waals surface area contributed by atoms with Gasteiger partial charge in [-0.25, -0.2) is 0 Å². The second-order valence-electron chi connectivity index (χ2n) is 13.2. The predicted molar refractivity (Wildman–Crippen MR) is 158 cm³/mol. The molecule has 8 rings (SSSR count). The van der Waals surface area contributed by atoms with Crippen molar-refractivity contribution in [3.63, 3.8) is 0 Å². The van der Waals surface area contributed by atoms with Crippen molar-refractivity contribution in [1.82, 2.24) is 30.4 Å². The second kappa shape index (κ2) is 9.31. The van der Waals surface area contributed by atoms with Gasteiger partial charge in [-0.15, -0.1) is 0 Å². The first kappa shape index (κ1) is 25.3. The Morgan fingerprint density at radius 1 is 1.02 bits per heavy atom. The summed E-state index contributed by atoms with van der Waals surface area (Å²) in [5.74, 6) is 1.17. The molecule has 5 aliphatic heterocycles. The topological polar surface area (TPSA) is 103 Å². The molecule has 4 saturated heterocycles. The third kappa shape index (κ3) is 4.08. The van der Waals surface area contributed by atoms with E-state index in [2.05, 4.69) is 50.1 Å². The number of nitrogens with zero attached hydrogens (tertiary/aromatic N) is 6. The Labute approximate surface area is 240 Å². The smallest absolute Gasteiger partial charge is 0.318 e. The monoisotopic (exact) mass is 556 g/mol. The van der Waals surface area contributed by atoms with Gasteiger partial charge in [0.05, 0.1) is 47.1 Å². The number of amides is 1. The molecule has 0 aliphatic carbocycles. The van der Waals surface area contributed by atoms with E-state index in [0.29, 0.717) is 25.6 Å². The summed E-state index contributed by atoms with van der Waals surface area (Å²) < 4.78 is 6.55. The number of benzene rings is 1. The van der Waals surface area contributed by atoms with Crippen molar-refractivity contribution in [1.29, 1.82) is 0 Å². The minimum Gasteiger partial charge on any atom is -0.461 e. The van der Waals surface area contributed by atoms with E-state index in [-0.39, 0.29) is 17.0 Å². The van der Waals surface area contributed by atoms with Crippen molar-refractivity contribution < 1.29 is 9.53 Å². The molecule has 1 amide bonds. The summed E-state index contributed by atoms with van der Waals surface area (Å²) in [6.45, 7) is 10.7. The van der Waals surface area contributed by atoms with Crippen LogP contribution in [0, 0.1) is 13.8 Å². The molecule has 10 heteroatoms. The Morgan fingerprint density at radius 2 is 1.83 bits per heavy atom. The van der Waals surface area contributed by atoms with E-state index < -0.39 is 0 Å². The number of hydrogen-bond acceptors (Lipinski definition) is 8. The number of aryl methyl sites for hydroxylation is 1. The van der Waals surface area contributed by atoms with Gasteiger partial charge in [-0.05, 0) is 89.1 Å². The first-order valence-electron chi connectivity index (χ1n) is 15.4. The average Bonchev–Trinajstić information content (AvgIpc) is 3.67. The fourth-order valence-electron chi connectivity index (χ4n) is 8.42. The van der Waals surface area contributed by atoms with Crippen LogP contribution in [0.15, 0.2) is 12.3 Å². The zero-order valence-corrected chi connectivity index (χ0v) is 24.3. The lowest BCUT2D eigenvalue weighted by Gasteiger charge is -2.49.